The summed E-state index contributed by atoms with van der Waals surface area (Å²) in [5.41, 5.74) is 0.505. The molecule has 0 fully saturated rings. The van der Waals surface area contributed by atoms with Crippen LogP contribution >= 0.6 is 10.7 Å². The van der Waals surface area contributed by atoms with Crippen LogP contribution in [0, 0.1) is 0 Å². The van der Waals surface area contributed by atoms with Crippen LogP contribution in [0.1, 0.15) is 26.3 Å². The van der Waals surface area contributed by atoms with Crippen molar-refractivity contribution in [1.29, 1.82) is 0 Å². The summed E-state index contributed by atoms with van der Waals surface area (Å²) in [6.07, 6.45) is -0.0446. The Labute approximate surface area is 122 Å². The van der Waals surface area contributed by atoms with Gasteiger partial charge in [-0.1, -0.05) is 6.07 Å². The molecule has 1 aliphatic rings. The molecule has 0 atom stereocenters. The number of nitrogens with zero attached hydrogens (tertiary/aromatic N) is 1. The van der Waals surface area contributed by atoms with Crippen molar-refractivity contribution in [3.63, 3.8) is 0 Å². The second-order valence-corrected chi connectivity index (χ2v) is 8.11. The first-order valence-electron chi connectivity index (χ1n) is 6.17. The van der Waals surface area contributed by atoms with Gasteiger partial charge in [0.2, 0.25) is 0 Å². The number of carbonyl (C=O) groups is 1. The summed E-state index contributed by atoms with van der Waals surface area (Å²) < 4.78 is 28.4. The van der Waals surface area contributed by atoms with Gasteiger partial charge in [-0.05, 0) is 44.9 Å². The van der Waals surface area contributed by atoms with Crippen molar-refractivity contribution in [3.8, 4) is 0 Å². The van der Waals surface area contributed by atoms with E-state index in [9.17, 15) is 13.2 Å². The quantitative estimate of drug-likeness (QED) is 0.747. The summed E-state index contributed by atoms with van der Waals surface area (Å²) in [5.74, 6) is 0. The van der Waals surface area contributed by atoms with Crippen LogP contribution in [-0.2, 0) is 20.2 Å². The number of halogens is 1. The minimum Gasteiger partial charge on any atom is -0.443 e. The molecule has 0 bridgehead atoms. The molecule has 1 aliphatic heterocycles. The minimum absolute atomic E-state index is 0.0581. The van der Waals surface area contributed by atoms with Crippen LogP contribution in [0.25, 0.3) is 0 Å². The van der Waals surface area contributed by atoms with Crippen molar-refractivity contribution < 1.29 is 17.9 Å². The molecule has 2 rings (SSSR count). The molecule has 1 aromatic rings. The lowest BCUT2D eigenvalue weighted by molar-refractivity contribution is 0.0584. The molecule has 1 aromatic carbocycles. The van der Waals surface area contributed by atoms with E-state index in [2.05, 4.69) is 0 Å². The van der Waals surface area contributed by atoms with E-state index in [1.807, 2.05) is 0 Å². The predicted molar refractivity (Wildman–Crippen MR) is 76.8 cm³/mol. The number of fused-ring (bicyclic) bond motifs is 1. The Morgan fingerprint density at radius 1 is 1.35 bits per heavy atom. The fourth-order valence-electron chi connectivity index (χ4n) is 2.14. The normalized spacial score (nSPS) is 15.1. The van der Waals surface area contributed by atoms with Crippen LogP contribution in [0.2, 0.25) is 0 Å². The Hall–Kier alpha value is -1.27. The third-order valence-electron chi connectivity index (χ3n) is 2.86. The van der Waals surface area contributed by atoms with Crippen molar-refractivity contribution >= 4 is 31.5 Å². The van der Waals surface area contributed by atoms with E-state index in [0.29, 0.717) is 24.2 Å². The highest BCUT2D eigenvalue weighted by Crippen LogP contribution is 2.35. The highest BCUT2D eigenvalue weighted by Gasteiger charge is 2.32. The topological polar surface area (TPSA) is 63.7 Å². The molecule has 7 heteroatoms. The van der Waals surface area contributed by atoms with Gasteiger partial charge in [0.25, 0.3) is 9.05 Å². The Kier molecular flexibility index (Phi) is 3.73. The third kappa shape index (κ3) is 3.07. The molecule has 5 nitrogen and oxygen atoms in total. The molecule has 0 N–H and O–H groups in total. The smallest absolute Gasteiger partial charge is 0.414 e. The first-order valence-corrected chi connectivity index (χ1v) is 8.47. The van der Waals surface area contributed by atoms with Gasteiger partial charge in [-0.3, -0.25) is 4.90 Å². The Morgan fingerprint density at radius 3 is 2.55 bits per heavy atom. The van der Waals surface area contributed by atoms with E-state index < -0.39 is 20.7 Å². The maximum Gasteiger partial charge on any atom is 0.414 e. The summed E-state index contributed by atoms with van der Waals surface area (Å²) in [5, 5.41) is 0. The number of ether oxygens (including phenoxy) is 1. The van der Waals surface area contributed by atoms with Gasteiger partial charge in [0.15, 0.2) is 0 Å². The number of anilines is 1. The van der Waals surface area contributed by atoms with Crippen LogP contribution < -0.4 is 4.90 Å². The van der Waals surface area contributed by atoms with Crippen LogP contribution in [0.5, 0.6) is 0 Å². The van der Waals surface area contributed by atoms with Gasteiger partial charge in [-0.15, -0.1) is 0 Å². The van der Waals surface area contributed by atoms with Gasteiger partial charge in [0.05, 0.1) is 10.6 Å². The SMILES string of the molecule is CC(C)(C)OC(=O)N1CCc2c1cccc2S(=O)(=O)Cl. The van der Waals surface area contributed by atoms with E-state index in [1.54, 1.807) is 32.9 Å². The van der Waals surface area contributed by atoms with E-state index in [1.165, 1.54) is 11.0 Å². The zero-order chi connectivity index (χ0) is 15.1. The first kappa shape index (κ1) is 15.1. The van der Waals surface area contributed by atoms with Gasteiger partial charge in [0.1, 0.15) is 5.60 Å². The van der Waals surface area contributed by atoms with E-state index in [-0.39, 0.29) is 4.90 Å². The zero-order valence-electron chi connectivity index (χ0n) is 11.5. The molecular weight excluding hydrogens is 302 g/mol. The molecule has 0 unspecified atom stereocenters. The third-order valence-corrected chi connectivity index (χ3v) is 4.27. The molecule has 0 saturated carbocycles. The maximum atomic E-state index is 12.1. The van der Waals surface area contributed by atoms with E-state index >= 15 is 0 Å². The molecule has 110 valence electrons. The van der Waals surface area contributed by atoms with Gasteiger partial charge >= 0.3 is 6.09 Å². The van der Waals surface area contributed by atoms with Crippen molar-refractivity contribution in [2.75, 3.05) is 11.4 Å². The van der Waals surface area contributed by atoms with Crippen molar-refractivity contribution in [2.24, 2.45) is 0 Å². The van der Waals surface area contributed by atoms with E-state index in [4.69, 9.17) is 15.4 Å². The highest BCUT2D eigenvalue weighted by molar-refractivity contribution is 8.13. The number of carbonyl (C=O) groups excluding carboxylic acids is 1. The summed E-state index contributed by atoms with van der Waals surface area (Å²) in [7, 11) is 1.59. The van der Waals surface area contributed by atoms with Crippen molar-refractivity contribution in [1.82, 2.24) is 0 Å². The molecular formula is C13H16ClNO4S. The fourth-order valence-corrected chi connectivity index (χ4v) is 3.31. The Balaban J connectivity index is 2.38. The maximum absolute atomic E-state index is 12.1. The number of amides is 1. The largest absolute Gasteiger partial charge is 0.443 e. The summed E-state index contributed by atoms with van der Waals surface area (Å²) in [6.45, 7) is 5.72. The lowest BCUT2D eigenvalue weighted by Gasteiger charge is -2.24. The molecule has 0 aromatic heterocycles. The lowest BCUT2D eigenvalue weighted by Crippen LogP contribution is -2.35. The molecule has 0 aliphatic carbocycles. The standard InChI is InChI=1S/C13H16ClNO4S/c1-13(2,3)19-12(16)15-8-7-9-10(15)5-4-6-11(9)20(14,17)18/h4-6H,7-8H2,1-3H3. The average Bonchev–Trinajstić information content (AvgIpc) is 2.68. The number of benzene rings is 1. The second kappa shape index (κ2) is 4.93. The minimum atomic E-state index is -3.82. The number of hydrogen-bond donors (Lipinski definition) is 0. The molecule has 20 heavy (non-hydrogen) atoms. The summed E-state index contributed by atoms with van der Waals surface area (Å²) in [6, 6.07) is 4.70. The van der Waals surface area contributed by atoms with Gasteiger partial charge in [-0.2, -0.15) is 0 Å². The molecule has 1 amide bonds. The van der Waals surface area contributed by atoms with Crippen molar-refractivity contribution in [3.05, 3.63) is 23.8 Å². The van der Waals surface area contributed by atoms with E-state index in [0.717, 1.165) is 0 Å². The summed E-state index contributed by atoms with van der Waals surface area (Å²) >= 11 is 0. The van der Waals surface area contributed by atoms with Crippen LogP contribution in [0.15, 0.2) is 23.1 Å². The van der Waals surface area contributed by atoms with Crippen LogP contribution in [-0.4, -0.2) is 26.7 Å². The molecule has 1 heterocycles. The molecule has 0 radical (unpaired) electrons. The van der Waals surface area contributed by atoms with Crippen molar-refractivity contribution in [2.45, 2.75) is 37.7 Å². The Morgan fingerprint density at radius 2 is 2.00 bits per heavy atom. The highest BCUT2D eigenvalue weighted by atomic mass is 35.7. The second-order valence-electron chi connectivity index (χ2n) is 5.57. The Bertz CT molecular complexity index is 649. The number of hydrogen-bond acceptors (Lipinski definition) is 4. The molecule has 0 spiro atoms. The average molecular weight is 318 g/mol. The van der Waals surface area contributed by atoms with Gasteiger partial charge in [0, 0.05) is 17.2 Å². The fraction of sp³-hybridized carbons (Fsp3) is 0.462. The summed E-state index contributed by atoms with van der Waals surface area (Å²) in [4.78, 5) is 13.6. The zero-order valence-corrected chi connectivity index (χ0v) is 13.1. The van der Waals surface area contributed by atoms with Crippen LogP contribution in [0.4, 0.5) is 10.5 Å². The van der Waals surface area contributed by atoms with Gasteiger partial charge < -0.3 is 4.74 Å². The number of rotatable bonds is 1. The van der Waals surface area contributed by atoms with Gasteiger partial charge in [-0.25, -0.2) is 13.2 Å². The monoisotopic (exact) mass is 317 g/mol. The first-order chi connectivity index (χ1) is 9.09. The molecule has 0 saturated heterocycles. The predicted octanol–water partition coefficient (Wildman–Crippen LogP) is 2.91. The van der Waals surface area contributed by atoms with Crippen LogP contribution in [0.3, 0.4) is 0 Å². The lowest BCUT2D eigenvalue weighted by atomic mass is 10.2.